The Hall–Kier alpha value is -3.20. The molecule has 0 fully saturated rings. The molecule has 34 heavy (non-hydrogen) atoms. The molecule has 0 saturated heterocycles. The first-order valence-corrected chi connectivity index (χ1v) is 10.9. The number of aliphatic hydroxyl groups excluding tert-OH is 1. The zero-order valence-electron chi connectivity index (χ0n) is 20.3. The van der Waals surface area contributed by atoms with E-state index in [4.69, 9.17) is 0 Å². The van der Waals surface area contributed by atoms with Crippen LogP contribution in [-0.4, -0.2) is 44.6 Å². The molecule has 0 bridgehead atoms. The van der Waals surface area contributed by atoms with Crippen LogP contribution in [-0.2, 0) is 11.3 Å². The third kappa shape index (κ3) is 8.62. The molecule has 1 amide bonds. The molecule has 0 radical (unpaired) electrons. The predicted molar refractivity (Wildman–Crippen MR) is 131 cm³/mol. The van der Waals surface area contributed by atoms with Gasteiger partial charge in [0.05, 0.1) is 18.0 Å². The van der Waals surface area contributed by atoms with E-state index in [0.717, 1.165) is 28.1 Å². The van der Waals surface area contributed by atoms with Crippen molar-refractivity contribution in [2.75, 3.05) is 37.5 Å². The number of anilines is 2. The van der Waals surface area contributed by atoms with Gasteiger partial charge in [-0.15, -0.1) is 13.2 Å². The van der Waals surface area contributed by atoms with Crippen LogP contribution in [0.4, 0.5) is 24.5 Å². The van der Waals surface area contributed by atoms with Crippen LogP contribution < -0.4 is 20.3 Å². The Morgan fingerprint density at radius 1 is 1.21 bits per heavy atom. The monoisotopic (exact) mass is 481 g/mol. The Morgan fingerprint density at radius 2 is 1.79 bits per heavy atom. The third-order valence-electron chi connectivity index (χ3n) is 4.53. The van der Waals surface area contributed by atoms with Gasteiger partial charge < -0.3 is 25.4 Å². The normalized spacial score (nSPS) is 10.6. The number of halogens is 3. The van der Waals surface area contributed by atoms with Gasteiger partial charge in [-0.2, -0.15) is 0 Å². The number of nitrogens with one attached hydrogen (secondary N) is 2. The Balaban J connectivity index is 0.00000182. The second-order valence-corrected chi connectivity index (χ2v) is 7.68. The summed E-state index contributed by atoms with van der Waals surface area (Å²) in [5, 5.41) is 15.2. The zero-order valence-corrected chi connectivity index (χ0v) is 20.3. The van der Waals surface area contributed by atoms with Gasteiger partial charge in [-0.05, 0) is 53.5 Å². The van der Waals surface area contributed by atoms with Gasteiger partial charge >= 0.3 is 6.36 Å². The third-order valence-corrected chi connectivity index (χ3v) is 4.53. The fourth-order valence-electron chi connectivity index (χ4n) is 3.29. The average Bonchev–Trinajstić information content (AvgIpc) is 2.76. The van der Waals surface area contributed by atoms with Crippen molar-refractivity contribution in [1.29, 1.82) is 0 Å². The summed E-state index contributed by atoms with van der Waals surface area (Å²) in [6.45, 7) is 10.0. The number of amides is 1. The summed E-state index contributed by atoms with van der Waals surface area (Å²) in [5.41, 5.74) is 4.71. The lowest BCUT2D eigenvalue weighted by atomic mass is 9.94. The number of aliphatic hydroxyl groups is 1. The minimum atomic E-state index is -4.76. The molecule has 0 saturated carbocycles. The van der Waals surface area contributed by atoms with Gasteiger partial charge in [-0.1, -0.05) is 39.0 Å². The number of ether oxygens (including phenoxy) is 1. The van der Waals surface area contributed by atoms with Crippen molar-refractivity contribution in [3.63, 3.8) is 0 Å². The Bertz CT molecular complexity index is 943. The number of carbonyl (C=O) groups excluding carboxylic acids is 1. The Labute approximate surface area is 199 Å². The van der Waals surface area contributed by atoms with Gasteiger partial charge in [0.2, 0.25) is 5.91 Å². The number of carbonyl (C=O) groups is 1. The van der Waals surface area contributed by atoms with Gasteiger partial charge in [0.15, 0.2) is 0 Å². The summed E-state index contributed by atoms with van der Waals surface area (Å²) in [6.07, 6.45) is -2.34. The minimum Gasteiger partial charge on any atom is -0.406 e. The molecule has 3 N–H and O–H groups in total. The van der Waals surface area contributed by atoms with E-state index in [-0.39, 0.29) is 24.8 Å². The summed E-state index contributed by atoms with van der Waals surface area (Å²) >= 11 is 0. The number of nitrogens with zero attached hydrogens (tertiary/aromatic N) is 1. The zero-order chi connectivity index (χ0) is 25.9. The second kappa shape index (κ2) is 13.5. The van der Waals surface area contributed by atoms with Crippen LogP contribution in [0.3, 0.4) is 0 Å². The molecule has 188 valence electrons. The quantitative estimate of drug-likeness (QED) is 0.427. The van der Waals surface area contributed by atoms with E-state index in [0.29, 0.717) is 12.1 Å². The van der Waals surface area contributed by atoms with E-state index in [1.807, 2.05) is 32.0 Å². The highest BCUT2D eigenvalue weighted by molar-refractivity contribution is 5.88. The molecule has 2 aromatic rings. The lowest BCUT2D eigenvalue weighted by Crippen LogP contribution is -2.23. The van der Waals surface area contributed by atoms with Crippen LogP contribution in [0.2, 0.25) is 0 Å². The maximum atomic E-state index is 12.5. The molecule has 2 rings (SSSR count). The van der Waals surface area contributed by atoms with Crippen molar-refractivity contribution in [3.8, 4) is 16.9 Å². The van der Waals surface area contributed by atoms with E-state index in [9.17, 15) is 23.1 Å². The SMILES string of the molecule is C=CC(=O)NCc1cc(-c2ccc(OC(F)(F)F)cc2)c(C)c(N(C)C)c1NCCO.CCC. The maximum Gasteiger partial charge on any atom is 0.573 e. The highest BCUT2D eigenvalue weighted by atomic mass is 19.4. The number of rotatable bonds is 9. The maximum absolute atomic E-state index is 12.5. The van der Waals surface area contributed by atoms with E-state index in [1.54, 1.807) is 12.1 Å². The molecule has 0 aliphatic heterocycles. The molecular weight excluding hydrogens is 447 g/mol. The van der Waals surface area contributed by atoms with E-state index >= 15 is 0 Å². The fourth-order valence-corrected chi connectivity index (χ4v) is 3.29. The van der Waals surface area contributed by atoms with Gasteiger partial charge in [0.25, 0.3) is 0 Å². The standard InChI is InChI=1S/C22H26F3N3O3.C3H8/c1-5-19(30)27-13-16-12-18(14(2)21(28(3)4)20(16)26-10-11-29)15-6-8-17(9-7-15)31-22(23,24)25;1-3-2/h5-9,12,26,29H,1,10-11,13H2,2-4H3,(H,27,30);3H2,1-2H3. The smallest absolute Gasteiger partial charge is 0.406 e. The van der Waals surface area contributed by atoms with E-state index in [2.05, 4.69) is 35.8 Å². The molecule has 2 aromatic carbocycles. The summed E-state index contributed by atoms with van der Waals surface area (Å²) < 4.78 is 41.3. The van der Waals surface area contributed by atoms with Gasteiger partial charge in [-0.3, -0.25) is 4.79 Å². The van der Waals surface area contributed by atoms with E-state index in [1.165, 1.54) is 24.6 Å². The molecule has 0 unspecified atom stereocenters. The number of benzene rings is 2. The lowest BCUT2D eigenvalue weighted by molar-refractivity contribution is -0.274. The highest BCUT2D eigenvalue weighted by Gasteiger charge is 2.31. The van der Waals surface area contributed by atoms with Crippen LogP contribution >= 0.6 is 0 Å². The Morgan fingerprint density at radius 3 is 2.26 bits per heavy atom. The molecule has 0 aromatic heterocycles. The lowest BCUT2D eigenvalue weighted by Gasteiger charge is -2.26. The number of hydrogen-bond acceptors (Lipinski definition) is 5. The summed E-state index contributed by atoms with van der Waals surface area (Å²) in [7, 11) is 3.73. The van der Waals surface area contributed by atoms with Crippen molar-refractivity contribution in [2.24, 2.45) is 0 Å². The summed E-state index contributed by atoms with van der Waals surface area (Å²) in [6, 6.07) is 7.49. The molecule has 0 aliphatic rings. The van der Waals surface area contributed by atoms with Gasteiger partial charge in [0, 0.05) is 27.2 Å². The van der Waals surface area contributed by atoms with Crippen molar-refractivity contribution in [3.05, 3.63) is 54.1 Å². The van der Waals surface area contributed by atoms with Gasteiger partial charge in [0.1, 0.15) is 5.75 Å². The van der Waals surface area contributed by atoms with E-state index < -0.39 is 6.36 Å². The van der Waals surface area contributed by atoms with Gasteiger partial charge in [-0.25, -0.2) is 0 Å². The second-order valence-electron chi connectivity index (χ2n) is 7.68. The Kier molecular flexibility index (Phi) is 11.4. The van der Waals surface area contributed by atoms with Crippen LogP contribution in [0.1, 0.15) is 31.4 Å². The largest absolute Gasteiger partial charge is 0.573 e. The summed E-state index contributed by atoms with van der Waals surface area (Å²) in [5.74, 6) is -0.642. The van der Waals surface area contributed by atoms with Crippen LogP contribution in [0.5, 0.6) is 5.75 Å². The van der Waals surface area contributed by atoms with Crippen LogP contribution in [0.25, 0.3) is 11.1 Å². The minimum absolute atomic E-state index is 0.0766. The topological polar surface area (TPSA) is 73.8 Å². The van der Waals surface area contributed by atoms with Crippen molar-refractivity contribution >= 4 is 17.3 Å². The first-order valence-electron chi connectivity index (χ1n) is 10.9. The molecule has 6 nitrogen and oxygen atoms in total. The first kappa shape index (κ1) is 28.8. The number of hydrogen-bond donors (Lipinski definition) is 3. The van der Waals surface area contributed by atoms with Crippen molar-refractivity contribution < 1.29 is 27.8 Å². The molecule has 9 heteroatoms. The summed E-state index contributed by atoms with van der Waals surface area (Å²) in [4.78, 5) is 13.6. The van der Waals surface area contributed by atoms with Crippen LogP contribution in [0, 0.1) is 6.92 Å². The molecular formula is C25H34F3N3O3. The van der Waals surface area contributed by atoms with Crippen molar-refractivity contribution in [2.45, 2.75) is 40.1 Å². The number of alkyl halides is 3. The molecule has 0 heterocycles. The average molecular weight is 482 g/mol. The molecule has 0 atom stereocenters. The molecule has 0 spiro atoms. The highest BCUT2D eigenvalue weighted by Crippen LogP contribution is 2.39. The molecule has 0 aliphatic carbocycles. The van der Waals surface area contributed by atoms with Crippen molar-refractivity contribution in [1.82, 2.24) is 5.32 Å². The fraction of sp³-hybridized carbons (Fsp3) is 0.400. The first-order chi connectivity index (χ1) is 16.0. The van der Waals surface area contributed by atoms with Crippen LogP contribution in [0.15, 0.2) is 43.0 Å². The predicted octanol–water partition coefficient (Wildman–Crippen LogP) is 5.25.